The van der Waals surface area contributed by atoms with Crippen molar-refractivity contribution in [3.05, 3.63) is 24.0 Å². The number of hydrogen-bond acceptors (Lipinski definition) is 2. The molecule has 4 nitrogen and oxygen atoms in total. The number of aliphatic imine (C=N–C) groups is 1. The van der Waals surface area contributed by atoms with Gasteiger partial charge in [0.05, 0.1) is 11.7 Å². The molecule has 144 valence electrons. The summed E-state index contributed by atoms with van der Waals surface area (Å²) in [6.07, 6.45) is 12.1. The van der Waals surface area contributed by atoms with Gasteiger partial charge in [0.15, 0.2) is 5.96 Å². The molecule has 0 saturated heterocycles. The first-order valence-electron chi connectivity index (χ1n) is 10.2. The molecule has 2 aliphatic carbocycles. The summed E-state index contributed by atoms with van der Waals surface area (Å²) in [6, 6.07) is 4.63. The second kappa shape index (κ2) is 9.24. The number of guanidine groups is 1. The second-order valence-electron chi connectivity index (χ2n) is 7.93. The Morgan fingerprint density at radius 1 is 1.04 bits per heavy atom. The van der Waals surface area contributed by atoms with Crippen LogP contribution in [0.2, 0.25) is 0 Å². The summed E-state index contributed by atoms with van der Waals surface area (Å²) in [7, 11) is 0. The maximum Gasteiger partial charge on any atom is 0.196 e. The molecule has 2 saturated carbocycles. The van der Waals surface area contributed by atoms with E-state index in [1.807, 2.05) is 0 Å². The molecular weight excluding hydrogens is 329 g/mol. The van der Waals surface area contributed by atoms with Gasteiger partial charge in [0.25, 0.3) is 0 Å². The predicted molar refractivity (Wildman–Crippen MR) is 105 cm³/mol. The minimum absolute atomic E-state index is 0.0402. The number of halogens is 1. The smallest absolute Gasteiger partial charge is 0.196 e. The maximum absolute atomic E-state index is 13.6. The number of aromatic hydroxyl groups is 1. The molecule has 26 heavy (non-hydrogen) atoms. The fourth-order valence-corrected chi connectivity index (χ4v) is 4.11. The Hall–Kier alpha value is -1.78. The van der Waals surface area contributed by atoms with Gasteiger partial charge < -0.3 is 15.7 Å². The second-order valence-corrected chi connectivity index (χ2v) is 7.93. The van der Waals surface area contributed by atoms with Crippen LogP contribution in [0.15, 0.2) is 23.2 Å². The molecule has 0 amide bonds. The fourth-order valence-electron chi connectivity index (χ4n) is 4.11. The lowest BCUT2D eigenvalue weighted by molar-refractivity contribution is 0.332. The number of nitrogens with one attached hydrogen (secondary N) is 2. The van der Waals surface area contributed by atoms with E-state index in [2.05, 4.69) is 17.6 Å². The number of hydrogen-bond donors (Lipinski definition) is 3. The van der Waals surface area contributed by atoms with E-state index in [1.165, 1.54) is 63.1 Å². The number of nitrogens with zero attached hydrogens (tertiary/aromatic N) is 1. The van der Waals surface area contributed by atoms with Gasteiger partial charge in [-0.25, -0.2) is 9.38 Å². The lowest BCUT2D eigenvalue weighted by Gasteiger charge is -2.28. The minimum Gasteiger partial charge on any atom is -0.506 e. The highest BCUT2D eigenvalue weighted by molar-refractivity contribution is 5.95. The summed E-state index contributed by atoms with van der Waals surface area (Å²) in [5, 5.41) is 16.8. The van der Waals surface area contributed by atoms with E-state index in [9.17, 15) is 9.50 Å². The molecule has 2 fully saturated rings. The number of rotatable bonds is 3. The molecule has 0 heterocycles. The van der Waals surface area contributed by atoms with E-state index < -0.39 is 0 Å². The van der Waals surface area contributed by atoms with Crippen LogP contribution in [0, 0.1) is 11.7 Å². The Kier molecular flexibility index (Phi) is 6.75. The SMILES string of the molecule is CC1CCCCC1N=C(Nc1cc(F)ccc1O)NC1CCCCCC1. The summed E-state index contributed by atoms with van der Waals surface area (Å²) in [5.41, 5.74) is 0.369. The largest absolute Gasteiger partial charge is 0.506 e. The Balaban J connectivity index is 1.78. The summed E-state index contributed by atoms with van der Waals surface area (Å²) in [6.45, 7) is 2.26. The standard InChI is InChI=1S/C21H32FN3O/c1-15-8-6-7-11-18(15)24-21(23-17-9-4-2-3-5-10-17)25-19-14-16(22)12-13-20(19)26/h12-15,17-18,26H,2-11H2,1H3,(H2,23,24,25). The zero-order valence-electron chi connectivity index (χ0n) is 15.8. The quantitative estimate of drug-likeness (QED) is 0.300. The van der Waals surface area contributed by atoms with Gasteiger partial charge in [-0.05, 0) is 43.7 Å². The van der Waals surface area contributed by atoms with Crippen LogP contribution in [0.25, 0.3) is 0 Å². The molecule has 2 atom stereocenters. The Bertz CT molecular complexity index is 611. The van der Waals surface area contributed by atoms with E-state index in [1.54, 1.807) is 0 Å². The highest BCUT2D eigenvalue weighted by atomic mass is 19.1. The number of anilines is 1. The van der Waals surface area contributed by atoms with Gasteiger partial charge >= 0.3 is 0 Å². The highest BCUT2D eigenvalue weighted by Gasteiger charge is 2.22. The van der Waals surface area contributed by atoms with Crippen LogP contribution in [-0.4, -0.2) is 23.1 Å². The zero-order valence-corrected chi connectivity index (χ0v) is 15.8. The lowest BCUT2D eigenvalue weighted by atomic mass is 9.86. The van der Waals surface area contributed by atoms with Gasteiger partial charge in [-0.3, -0.25) is 0 Å². The molecule has 0 spiro atoms. The number of benzene rings is 1. The van der Waals surface area contributed by atoms with Gasteiger partial charge in [0, 0.05) is 12.1 Å². The molecule has 5 heteroatoms. The third kappa shape index (κ3) is 5.36. The Morgan fingerprint density at radius 2 is 1.73 bits per heavy atom. The maximum atomic E-state index is 13.6. The first-order chi connectivity index (χ1) is 12.6. The fraction of sp³-hybridized carbons (Fsp3) is 0.667. The average Bonchev–Trinajstić information content (AvgIpc) is 2.89. The molecule has 2 unspecified atom stereocenters. The number of phenols is 1. The van der Waals surface area contributed by atoms with Crippen LogP contribution in [0.1, 0.15) is 71.1 Å². The van der Waals surface area contributed by atoms with Crippen LogP contribution in [0.4, 0.5) is 10.1 Å². The normalized spacial score (nSPS) is 25.5. The summed E-state index contributed by atoms with van der Waals surface area (Å²) >= 11 is 0. The van der Waals surface area contributed by atoms with Crippen molar-refractivity contribution in [2.45, 2.75) is 83.2 Å². The summed E-state index contributed by atoms with van der Waals surface area (Å²) in [4.78, 5) is 4.97. The molecule has 0 aliphatic heterocycles. The van der Waals surface area contributed by atoms with Crippen molar-refractivity contribution in [1.29, 1.82) is 0 Å². The van der Waals surface area contributed by atoms with Gasteiger partial charge in [0.1, 0.15) is 11.6 Å². The van der Waals surface area contributed by atoms with Crippen molar-refractivity contribution >= 4 is 11.6 Å². The topological polar surface area (TPSA) is 56.7 Å². The van der Waals surface area contributed by atoms with Gasteiger partial charge in [-0.1, -0.05) is 45.4 Å². The number of phenolic OH excluding ortho intramolecular Hbond substituents is 1. The van der Waals surface area contributed by atoms with Crippen molar-refractivity contribution < 1.29 is 9.50 Å². The third-order valence-corrected chi connectivity index (χ3v) is 5.77. The van der Waals surface area contributed by atoms with Gasteiger partial charge in [0.2, 0.25) is 0 Å². The molecule has 3 rings (SSSR count). The van der Waals surface area contributed by atoms with E-state index in [4.69, 9.17) is 4.99 Å². The van der Waals surface area contributed by atoms with Gasteiger partial charge in [-0.2, -0.15) is 0 Å². The van der Waals surface area contributed by atoms with Crippen LogP contribution in [0.3, 0.4) is 0 Å². The van der Waals surface area contributed by atoms with Crippen molar-refractivity contribution in [1.82, 2.24) is 5.32 Å². The van der Waals surface area contributed by atoms with Gasteiger partial charge in [-0.15, -0.1) is 0 Å². The summed E-state index contributed by atoms with van der Waals surface area (Å²) < 4.78 is 13.6. The molecule has 1 aromatic rings. The van der Waals surface area contributed by atoms with E-state index in [0.717, 1.165) is 19.3 Å². The van der Waals surface area contributed by atoms with E-state index in [0.29, 0.717) is 23.6 Å². The van der Waals surface area contributed by atoms with Crippen molar-refractivity contribution in [3.8, 4) is 5.75 Å². The molecule has 2 aliphatic rings. The molecule has 0 aromatic heterocycles. The van der Waals surface area contributed by atoms with Crippen molar-refractivity contribution in [2.24, 2.45) is 10.9 Å². The monoisotopic (exact) mass is 361 g/mol. The molecule has 0 bridgehead atoms. The average molecular weight is 362 g/mol. The van der Waals surface area contributed by atoms with E-state index >= 15 is 0 Å². The minimum atomic E-state index is -0.370. The van der Waals surface area contributed by atoms with Crippen LogP contribution in [-0.2, 0) is 0 Å². The Morgan fingerprint density at radius 3 is 2.46 bits per heavy atom. The molecule has 0 radical (unpaired) electrons. The molecule has 3 N–H and O–H groups in total. The highest BCUT2D eigenvalue weighted by Crippen LogP contribution is 2.28. The third-order valence-electron chi connectivity index (χ3n) is 5.77. The zero-order chi connectivity index (χ0) is 18.4. The first-order valence-corrected chi connectivity index (χ1v) is 10.2. The van der Waals surface area contributed by atoms with Crippen molar-refractivity contribution in [2.75, 3.05) is 5.32 Å². The van der Waals surface area contributed by atoms with Crippen LogP contribution in [0.5, 0.6) is 5.75 Å². The van der Waals surface area contributed by atoms with E-state index in [-0.39, 0.29) is 17.6 Å². The van der Waals surface area contributed by atoms with Crippen LogP contribution < -0.4 is 10.6 Å². The van der Waals surface area contributed by atoms with Crippen LogP contribution >= 0.6 is 0 Å². The lowest BCUT2D eigenvalue weighted by Crippen LogP contribution is -2.40. The predicted octanol–water partition coefficient (Wildman–Crippen LogP) is 5.19. The first kappa shape index (κ1) is 19.0. The molecular formula is C21H32FN3O. The Labute approximate surface area is 156 Å². The summed E-state index contributed by atoms with van der Waals surface area (Å²) in [5.74, 6) is 0.901. The molecule has 1 aromatic carbocycles. The van der Waals surface area contributed by atoms with Crippen molar-refractivity contribution in [3.63, 3.8) is 0 Å².